The van der Waals surface area contributed by atoms with Crippen molar-refractivity contribution in [1.29, 1.82) is 0 Å². The molecule has 176 valence electrons. The lowest BCUT2D eigenvalue weighted by Gasteiger charge is -2.45. The lowest BCUT2D eigenvalue weighted by molar-refractivity contribution is 0.199. The van der Waals surface area contributed by atoms with E-state index in [2.05, 4.69) is 98.2 Å². The van der Waals surface area contributed by atoms with Gasteiger partial charge in [0.05, 0.1) is 0 Å². The van der Waals surface area contributed by atoms with Crippen LogP contribution in [0.2, 0.25) is 105 Å². The molecule has 0 aliphatic heterocycles. The first-order valence-corrected chi connectivity index (χ1v) is 31.3. The maximum Gasteiger partial charge on any atom is 0.470 e. The van der Waals surface area contributed by atoms with Crippen LogP contribution in [0.4, 0.5) is 0 Å². The Morgan fingerprint density at radius 2 is 0.448 bits per heavy atom. The van der Waals surface area contributed by atoms with E-state index in [9.17, 15) is 0 Å². The Bertz CT molecular complexity index is 461. The normalized spacial score (nSPS) is 15.7. The summed E-state index contributed by atoms with van der Waals surface area (Å²) < 4.78 is 39.4. The topological polar surface area (TPSA) is 55.4 Å². The molecule has 0 aromatic carbocycles. The molecule has 0 unspecified atom stereocenters. The highest BCUT2D eigenvalue weighted by Gasteiger charge is 2.53. The lowest BCUT2D eigenvalue weighted by atomic mass is 11.8. The van der Waals surface area contributed by atoms with E-state index in [0.29, 0.717) is 0 Å². The van der Waals surface area contributed by atoms with Crippen LogP contribution in [0.15, 0.2) is 0 Å². The van der Waals surface area contributed by atoms with Gasteiger partial charge < -0.3 is 24.7 Å². The summed E-state index contributed by atoms with van der Waals surface area (Å²) in [5.41, 5.74) is 0. The van der Waals surface area contributed by atoms with E-state index in [1.54, 1.807) is 0 Å². The van der Waals surface area contributed by atoms with Crippen molar-refractivity contribution in [3.63, 3.8) is 0 Å². The molecule has 0 N–H and O–H groups in total. The van der Waals surface area contributed by atoms with Crippen LogP contribution in [0.5, 0.6) is 0 Å². The van der Waals surface area contributed by atoms with Gasteiger partial charge in [0.1, 0.15) is 0 Å². The van der Waals surface area contributed by atoms with Crippen LogP contribution >= 0.6 is 0 Å². The summed E-state index contributed by atoms with van der Waals surface area (Å²) in [6.45, 7) is 34.2. The Kier molecular flexibility index (Phi) is 10.1. The fourth-order valence-electron chi connectivity index (χ4n) is 3.68. The van der Waals surface area contributed by atoms with Crippen molar-refractivity contribution >= 4 is 59.4 Å². The average Bonchev–Trinajstić information content (AvgIpc) is 2.10. The average molecular weight is 533 g/mol. The molecule has 0 aliphatic carbocycles. The third kappa shape index (κ3) is 15.7. The van der Waals surface area contributed by atoms with Crippen molar-refractivity contribution in [2.24, 2.45) is 0 Å². The van der Waals surface area contributed by atoms with Gasteiger partial charge in [-0.3, -0.25) is 0 Å². The molecule has 0 bridgehead atoms. The predicted molar refractivity (Wildman–Crippen MR) is 141 cm³/mol. The van der Waals surface area contributed by atoms with E-state index in [1.165, 1.54) is 0 Å². The highest BCUT2D eigenvalue weighted by molar-refractivity contribution is 6.92. The molecule has 0 saturated carbocycles. The first-order chi connectivity index (χ1) is 12.2. The molecule has 0 heterocycles. The SMILES string of the molecule is C[Si](C)(C)O[Si](C)(C)O[Si](C)(O[Si](C)(C)O[Si](C)(C)C)O[Si](C)(C)O[Si](C)(C)C. The minimum Gasteiger partial charge on any atom is -0.437 e. The minimum atomic E-state index is -3.08. The van der Waals surface area contributed by atoms with Gasteiger partial charge in [-0.15, -0.1) is 0 Å². The van der Waals surface area contributed by atoms with Gasteiger partial charge in [0.2, 0.25) is 0 Å². The molecule has 0 fully saturated rings. The van der Waals surface area contributed by atoms with Crippen LogP contribution in [0.3, 0.4) is 0 Å². The molecule has 0 spiro atoms. The number of hydrogen-bond acceptors (Lipinski definition) is 6. The molecule has 0 aliphatic rings. The first-order valence-electron chi connectivity index (χ1n) is 10.4. The first kappa shape index (κ1) is 30.3. The van der Waals surface area contributed by atoms with Crippen LogP contribution in [0, 0.1) is 0 Å². The fraction of sp³-hybridized carbons (Fsp3) is 1.00. The Hall–Kier alpha value is 1.28. The Morgan fingerprint density at radius 1 is 0.276 bits per heavy atom. The van der Waals surface area contributed by atoms with Crippen molar-refractivity contribution in [2.45, 2.75) is 105 Å². The van der Waals surface area contributed by atoms with Gasteiger partial charge in [0, 0.05) is 6.55 Å². The maximum absolute atomic E-state index is 6.69. The van der Waals surface area contributed by atoms with E-state index in [4.69, 9.17) is 24.7 Å². The van der Waals surface area contributed by atoms with Gasteiger partial charge in [-0.2, -0.15) is 0 Å². The maximum atomic E-state index is 6.69. The zero-order valence-corrected chi connectivity index (χ0v) is 28.9. The largest absolute Gasteiger partial charge is 0.470 e. The number of hydrogen-bond donors (Lipinski definition) is 0. The zero-order valence-electron chi connectivity index (χ0n) is 21.9. The lowest BCUT2D eigenvalue weighted by Crippen LogP contribution is -2.64. The van der Waals surface area contributed by atoms with Crippen molar-refractivity contribution in [3.05, 3.63) is 0 Å². The highest BCUT2D eigenvalue weighted by Crippen LogP contribution is 2.30. The zero-order chi connectivity index (χ0) is 23.7. The van der Waals surface area contributed by atoms with Crippen LogP contribution in [0.1, 0.15) is 0 Å². The molecule has 0 amide bonds. The summed E-state index contributed by atoms with van der Waals surface area (Å²) in [4.78, 5) is 0. The number of rotatable bonds is 12. The summed E-state index contributed by atoms with van der Waals surface area (Å²) in [7, 11) is -15.8. The molecule has 0 rings (SSSR count). The van der Waals surface area contributed by atoms with Gasteiger partial charge >= 0.3 is 34.5 Å². The van der Waals surface area contributed by atoms with Crippen molar-refractivity contribution in [3.8, 4) is 0 Å². The summed E-state index contributed by atoms with van der Waals surface area (Å²) in [6, 6.07) is 0. The van der Waals surface area contributed by atoms with Gasteiger partial charge in [-0.1, -0.05) is 0 Å². The summed E-state index contributed by atoms with van der Waals surface area (Å²) in [6.07, 6.45) is 0. The third-order valence-electron chi connectivity index (χ3n) is 2.95. The van der Waals surface area contributed by atoms with Crippen molar-refractivity contribution in [2.75, 3.05) is 0 Å². The Morgan fingerprint density at radius 3 is 0.586 bits per heavy atom. The van der Waals surface area contributed by atoms with Gasteiger partial charge in [0.25, 0.3) is 0 Å². The van der Waals surface area contributed by atoms with E-state index < -0.39 is 59.4 Å². The van der Waals surface area contributed by atoms with Crippen LogP contribution in [0.25, 0.3) is 0 Å². The molecule has 0 radical (unpaired) electrons. The molecule has 0 atom stereocenters. The second-order valence-electron chi connectivity index (χ2n) is 12.0. The third-order valence-corrected chi connectivity index (χ3v) is 26.5. The summed E-state index contributed by atoms with van der Waals surface area (Å²) in [5.74, 6) is 0. The molecule has 0 saturated heterocycles. The Labute approximate surface area is 188 Å². The minimum absolute atomic E-state index is 1.76. The fourth-order valence-corrected chi connectivity index (χ4v) is 35.3. The summed E-state index contributed by atoms with van der Waals surface area (Å²) >= 11 is 0. The van der Waals surface area contributed by atoms with Gasteiger partial charge in [-0.25, -0.2) is 0 Å². The van der Waals surface area contributed by atoms with E-state index >= 15 is 0 Å². The van der Waals surface area contributed by atoms with Gasteiger partial charge in [0.15, 0.2) is 25.0 Å². The summed E-state index contributed by atoms with van der Waals surface area (Å²) in [5, 5.41) is 0. The van der Waals surface area contributed by atoms with Crippen molar-refractivity contribution in [1.82, 2.24) is 0 Å². The van der Waals surface area contributed by atoms with E-state index in [-0.39, 0.29) is 0 Å². The second kappa shape index (κ2) is 9.64. The van der Waals surface area contributed by atoms with Crippen molar-refractivity contribution < 1.29 is 24.7 Å². The molecule has 0 aromatic rings. The predicted octanol–water partition coefficient (Wildman–Crippen LogP) is 6.26. The molecular weight excluding hydrogens is 485 g/mol. The molecule has 13 heteroatoms. The van der Waals surface area contributed by atoms with Crippen LogP contribution < -0.4 is 0 Å². The standard InChI is InChI=1S/C16H48O6Si7/c1-23(2,3)17-26(10,11)20-29(16,21-27(12,13)18-24(4,5)6)22-28(14,15)19-25(7,8)9/h1-16H3. The second-order valence-corrected chi connectivity index (χ2v) is 39.7. The monoisotopic (exact) mass is 532 g/mol. The van der Waals surface area contributed by atoms with E-state index in [0.717, 1.165) is 0 Å². The molecule has 6 nitrogen and oxygen atoms in total. The Balaban J connectivity index is 5.85. The van der Waals surface area contributed by atoms with E-state index in [1.807, 2.05) is 6.55 Å². The van der Waals surface area contributed by atoms with Crippen LogP contribution in [-0.4, -0.2) is 59.4 Å². The highest BCUT2D eigenvalue weighted by atomic mass is 28.5. The molecule has 0 aromatic heterocycles. The molecular formula is C16H48O6Si7. The van der Waals surface area contributed by atoms with Gasteiger partial charge in [-0.05, 0) is 98.2 Å². The quantitative estimate of drug-likeness (QED) is 0.276. The van der Waals surface area contributed by atoms with Crippen LogP contribution in [-0.2, 0) is 24.7 Å². The molecule has 29 heavy (non-hydrogen) atoms. The smallest absolute Gasteiger partial charge is 0.437 e.